The molecule has 0 spiro atoms. The Morgan fingerprint density at radius 3 is 2.31 bits per heavy atom. The van der Waals surface area contributed by atoms with Crippen molar-refractivity contribution >= 4 is 18.1 Å². The van der Waals surface area contributed by atoms with Crippen LogP contribution in [0.15, 0.2) is 36.4 Å². The van der Waals surface area contributed by atoms with Crippen molar-refractivity contribution in [2.24, 2.45) is 5.73 Å². The van der Waals surface area contributed by atoms with Crippen LogP contribution in [0.5, 0.6) is 11.5 Å². The van der Waals surface area contributed by atoms with Gasteiger partial charge in [0.2, 0.25) is 0 Å². The average Bonchev–Trinajstić information content (AvgIpc) is 2.53. The molecule has 0 aliphatic rings. The van der Waals surface area contributed by atoms with Gasteiger partial charge in [0, 0.05) is 11.6 Å². The molecular formula is C15H11ClF3N3O4. The van der Waals surface area contributed by atoms with Crippen molar-refractivity contribution < 1.29 is 27.9 Å². The smallest absolute Gasteiger partial charge is 0.502 e. The Kier molecular flexibility index (Phi) is 6.39. The van der Waals surface area contributed by atoms with Gasteiger partial charge in [-0.15, -0.1) is 25.6 Å². The number of phenols is 1. The molecule has 1 atom stereocenters. The summed E-state index contributed by atoms with van der Waals surface area (Å²) in [7, 11) is 0. The van der Waals surface area contributed by atoms with Crippen molar-refractivity contribution in [2.45, 2.75) is 12.4 Å². The second-order valence-electron chi connectivity index (χ2n) is 4.90. The first-order chi connectivity index (χ1) is 11.6. The molecule has 3 N–H and O–H groups in total. The Morgan fingerprint density at radius 2 is 1.85 bits per heavy atom. The maximum Gasteiger partial charge on any atom is 0.573 e. The summed E-state index contributed by atoms with van der Waals surface area (Å²) in [6.45, 7) is 0. The van der Waals surface area contributed by atoms with E-state index >= 15 is 0 Å². The topological polar surface area (TPSA) is 122 Å². The lowest BCUT2D eigenvalue weighted by Crippen LogP contribution is -2.17. The van der Waals surface area contributed by atoms with Crippen LogP contribution in [-0.2, 0) is 0 Å². The summed E-state index contributed by atoms with van der Waals surface area (Å²) in [6.07, 6.45) is -4.84. The van der Waals surface area contributed by atoms with E-state index in [-0.39, 0.29) is 29.1 Å². The highest BCUT2D eigenvalue weighted by Crippen LogP contribution is 2.36. The maximum absolute atomic E-state index is 12.1. The largest absolute Gasteiger partial charge is 0.573 e. The number of ether oxygens (including phenoxy) is 1. The van der Waals surface area contributed by atoms with Crippen LogP contribution in [0.25, 0.3) is 0 Å². The van der Waals surface area contributed by atoms with Gasteiger partial charge < -0.3 is 15.6 Å². The number of alkyl halides is 3. The zero-order chi connectivity index (χ0) is 18.8. The Balaban J connectivity index is 0.00000338. The zero-order valence-corrected chi connectivity index (χ0v) is 13.5. The minimum atomic E-state index is -4.84. The number of hydrogen-bond acceptors (Lipinski definition) is 6. The maximum atomic E-state index is 12.1. The number of rotatable bonds is 4. The first-order valence-corrected chi connectivity index (χ1v) is 6.65. The summed E-state index contributed by atoms with van der Waals surface area (Å²) in [5.74, 6) is -1.18. The van der Waals surface area contributed by atoms with Crippen molar-refractivity contribution in [1.82, 2.24) is 0 Å². The first kappa shape index (κ1) is 21.0. The number of hydrogen-bond donors (Lipinski definition) is 2. The van der Waals surface area contributed by atoms with Gasteiger partial charge in [-0.2, -0.15) is 5.26 Å². The highest BCUT2D eigenvalue weighted by Gasteiger charge is 2.31. The van der Waals surface area contributed by atoms with Gasteiger partial charge in [-0.3, -0.25) is 10.1 Å². The number of halogens is 4. The molecule has 0 aromatic heterocycles. The normalized spacial score (nSPS) is 11.8. The van der Waals surface area contributed by atoms with E-state index in [4.69, 9.17) is 11.0 Å². The van der Waals surface area contributed by atoms with Crippen LogP contribution >= 0.6 is 12.4 Å². The quantitative estimate of drug-likeness (QED) is 0.609. The third-order valence-corrected chi connectivity index (χ3v) is 3.25. The van der Waals surface area contributed by atoms with E-state index in [0.29, 0.717) is 0 Å². The summed E-state index contributed by atoms with van der Waals surface area (Å²) in [6, 6.07) is 7.15. The molecule has 0 saturated heterocycles. The first-order valence-electron chi connectivity index (χ1n) is 6.65. The SMILES string of the molecule is Cl.N#Cc1cc([C@@H](N)c2ccc(OC(F)(F)F)cc2)c(O)c([N+](=O)[O-])c1. The van der Waals surface area contributed by atoms with Gasteiger partial charge in [0.15, 0.2) is 5.75 Å². The summed E-state index contributed by atoms with van der Waals surface area (Å²) in [5.41, 5.74) is 5.31. The summed E-state index contributed by atoms with van der Waals surface area (Å²) < 4.78 is 40.2. The fourth-order valence-corrected chi connectivity index (χ4v) is 2.14. The highest BCUT2D eigenvalue weighted by molar-refractivity contribution is 5.85. The van der Waals surface area contributed by atoms with Gasteiger partial charge in [-0.25, -0.2) is 0 Å². The molecule has 11 heteroatoms. The van der Waals surface area contributed by atoms with Crippen LogP contribution in [0.1, 0.15) is 22.7 Å². The van der Waals surface area contributed by atoms with E-state index in [9.17, 15) is 28.4 Å². The fourth-order valence-electron chi connectivity index (χ4n) is 2.14. The predicted molar refractivity (Wildman–Crippen MR) is 85.9 cm³/mol. The molecule has 0 fully saturated rings. The number of nitrogens with zero attached hydrogens (tertiary/aromatic N) is 2. The number of nitrogens with two attached hydrogens (primary N) is 1. The van der Waals surface area contributed by atoms with Crippen LogP contribution < -0.4 is 10.5 Å². The molecule has 0 saturated carbocycles. The Bertz CT molecular complexity index is 851. The van der Waals surface area contributed by atoms with Crippen LogP contribution in [0, 0.1) is 21.4 Å². The molecule has 0 amide bonds. The number of nitro benzene ring substituents is 1. The van der Waals surface area contributed by atoms with Gasteiger partial charge >= 0.3 is 12.0 Å². The standard InChI is InChI=1S/C15H10F3N3O4.ClH/c16-15(17,18)25-10-3-1-9(2-4-10)13(20)11-5-8(7-19)6-12(14(11)22)21(23)24;/h1-6,13,22H,20H2;1H/t13-;/m0./s1. The number of phenolic OH excluding ortho intramolecular Hbond substituents is 1. The highest BCUT2D eigenvalue weighted by atomic mass is 35.5. The van der Waals surface area contributed by atoms with Crippen LogP contribution in [0.2, 0.25) is 0 Å². The third-order valence-electron chi connectivity index (χ3n) is 3.25. The molecular weight excluding hydrogens is 379 g/mol. The minimum absolute atomic E-state index is 0. The van der Waals surface area contributed by atoms with Crippen LogP contribution in [-0.4, -0.2) is 16.4 Å². The minimum Gasteiger partial charge on any atom is -0.502 e. The third kappa shape index (κ3) is 4.75. The van der Waals surface area contributed by atoms with E-state index in [2.05, 4.69) is 4.74 Å². The average molecular weight is 390 g/mol. The number of nitro groups is 1. The molecule has 0 aliphatic heterocycles. The monoisotopic (exact) mass is 389 g/mol. The lowest BCUT2D eigenvalue weighted by molar-refractivity contribution is -0.386. The van der Waals surface area contributed by atoms with Crippen molar-refractivity contribution in [3.8, 4) is 17.6 Å². The van der Waals surface area contributed by atoms with Gasteiger partial charge in [0.05, 0.1) is 22.6 Å². The lowest BCUT2D eigenvalue weighted by atomic mass is 9.96. The Labute approximate surface area is 151 Å². The van der Waals surface area contributed by atoms with Crippen molar-refractivity contribution in [3.63, 3.8) is 0 Å². The molecule has 0 aliphatic carbocycles. The van der Waals surface area contributed by atoms with Gasteiger partial charge in [-0.1, -0.05) is 12.1 Å². The van der Waals surface area contributed by atoms with Gasteiger partial charge in [-0.05, 0) is 23.8 Å². The molecule has 7 nitrogen and oxygen atoms in total. The molecule has 26 heavy (non-hydrogen) atoms. The van der Waals surface area contributed by atoms with E-state index in [1.54, 1.807) is 6.07 Å². The molecule has 0 heterocycles. The second-order valence-corrected chi connectivity index (χ2v) is 4.90. The summed E-state index contributed by atoms with van der Waals surface area (Å²) in [4.78, 5) is 10.1. The molecule has 0 unspecified atom stereocenters. The summed E-state index contributed by atoms with van der Waals surface area (Å²) in [5, 5.41) is 29.9. The molecule has 2 rings (SSSR count). The van der Waals surface area contributed by atoms with E-state index in [1.807, 2.05) is 0 Å². The number of benzene rings is 2. The molecule has 138 valence electrons. The summed E-state index contributed by atoms with van der Waals surface area (Å²) >= 11 is 0. The van der Waals surface area contributed by atoms with E-state index in [0.717, 1.165) is 18.2 Å². The van der Waals surface area contributed by atoms with Gasteiger partial charge in [0.1, 0.15) is 5.75 Å². The van der Waals surface area contributed by atoms with Crippen LogP contribution in [0.4, 0.5) is 18.9 Å². The van der Waals surface area contributed by atoms with Gasteiger partial charge in [0.25, 0.3) is 0 Å². The zero-order valence-electron chi connectivity index (χ0n) is 12.7. The van der Waals surface area contributed by atoms with Crippen molar-refractivity contribution in [1.29, 1.82) is 5.26 Å². The Hall–Kier alpha value is -3.03. The lowest BCUT2D eigenvalue weighted by Gasteiger charge is -2.15. The molecule has 2 aromatic rings. The molecule has 2 aromatic carbocycles. The number of aromatic hydroxyl groups is 1. The van der Waals surface area contributed by atoms with Crippen molar-refractivity contribution in [2.75, 3.05) is 0 Å². The Morgan fingerprint density at radius 1 is 1.27 bits per heavy atom. The number of nitriles is 1. The molecule has 0 radical (unpaired) electrons. The second kappa shape index (κ2) is 7.90. The molecule has 0 bridgehead atoms. The van der Waals surface area contributed by atoms with Crippen molar-refractivity contribution in [3.05, 3.63) is 63.2 Å². The van der Waals surface area contributed by atoms with Crippen LogP contribution in [0.3, 0.4) is 0 Å². The van der Waals surface area contributed by atoms with E-state index in [1.165, 1.54) is 18.2 Å². The van der Waals surface area contributed by atoms with E-state index < -0.39 is 34.5 Å². The predicted octanol–water partition coefficient (Wildman–Crippen LogP) is 3.54. The fraction of sp³-hybridized carbons (Fsp3) is 0.133.